The van der Waals surface area contributed by atoms with E-state index in [4.69, 9.17) is 9.84 Å². The lowest BCUT2D eigenvalue weighted by Crippen LogP contribution is -2.62. The molecule has 2 fully saturated rings. The number of nitrogens with one attached hydrogen (secondary N) is 1. The topological polar surface area (TPSA) is 75.6 Å². The van der Waals surface area contributed by atoms with Crippen LogP contribution in [0.5, 0.6) is 0 Å². The standard InChI is InChI=1S/C14H23NO4/c1-14(2)10(7-11(14)19-3)15-12(16)8-4-5-9(6-8)13(17)18/h8-11H,4-7H2,1-3H3,(H,15,16)(H,17,18). The third-order valence-corrected chi connectivity index (χ3v) is 4.93. The van der Waals surface area contributed by atoms with Gasteiger partial charge in [-0.3, -0.25) is 9.59 Å². The van der Waals surface area contributed by atoms with Gasteiger partial charge in [0.1, 0.15) is 0 Å². The number of hydrogen-bond acceptors (Lipinski definition) is 3. The van der Waals surface area contributed by atoms with E-state index in [2.05, 4.69) is 19.2 Å². The van der Waals surface area contributed by atoms with Crippen molar-refractivity contribution in [1.82, 2.24) is 5.32 Å². The van der Waals surface area contributed by atoms with Crippen molar-refractivity contribution in [2.45, 2.75) is 51.7 Å². The third kappa shape index (κ3) is 2.61. The van der Waals surface area contributed by atoms with Gasteiger partial charge in [-0.15, -0.1) is 0 Å². The molecule has 2 aliphatic rings. The summed E-state index contributed by atoms with van der Waals surface area (Å²) >= 11 is 0. The lowest BCUT2D eigenvalue weighted by atomic mass is 9.64. The fraction of sp³-hybridized carbons (Fsp3) is 0.857. The normalized spacial score (nSPS) is 36.6. The molecule has 2 rings (SSSR count). The van der Waals surface area contributed by atoms with Crippen molar-refractivity contribution in [1.29, 1.82) is 0 Å². The molecule has 2 saturated carbocycles. The summed E-state index contributed by atoms with van der Waals surface area (Å²) in [6, 6.07) is 0.133. The largest absolute Gasteiger partial charge is 0.481 e. The molecule has 5 heteroatoms. The number of ether oxygens (including phenoxy) is 1. The SMILES string of the molecule is COC1CC(NC(=O)C2CCC(C(=O)O)C2)C1(C)C. The molecule has 108 valence electrons. The number of methoxy groups -OCH3 is 1. The molecule has 0 aromatic rings. The Balaban J connectivity index is 1.85. The van der Waals surface area contributed by atoms with Gasteiger partial charge in [0.15, 0.2) is 0 Å². The maximum Gasteiger partial charge on any atom is 0.306 e. The summed E-state index contributed by atoms with van der Waals surface area (Å²) in [5, 5.41) is 12.0. The van der Waals surface area contributed by atoms with E-state index in [0.717, 1.165) is 6.42 Å². The van der Waals surface area contributed by atoms with Gasteiger partial charge in [-0.1, -0.05) is 13.8 Å². The van der Waals surface area contributed by atoms with E-state index in [1.165, 1.54) is 0 Å². The van der Waals surface area contributed by atoms with Crippen LogP contribution in [0.2, 0.25) is 0 Å². The zero-order valence-corrected chi connectivity index (χ0v) is 11.8. The van der Waals surface area contributed by atoms with Crippen LogP contribution in [0.3, 0.4) is 0 Å². The van der Waals surface area contributed by atoms with Crippen molar-refractivity contribution in [3.8, 4) is 0 Å². The highest BCUT2D eigenvalue weighted by Gasteiger charge is 2.49. The van der Waals surface area contributed by atoms with Gasteiger partial charge in [0.25, 0.3) is 0 Å². The van der Waals surface area contributed by atoms with Crippen molar-refractivity contribution < 1.29 is 19.4 Å². The molecule has 19 heavy (non-hydrogen) atoms. The maximum absolute atomic E-state index is 12.2. The van der Waals surface area contributed by atoms with Crippen LogP contribution < -0.4 is 5.32 Å². The maximum atomic E-state index is 12.2. The molecule has 2 N–H and O–H groups in total. The van der Waals surface area contributed by atoms with Crippen LogP contribution in [0.4, 0.5) is 0 Å². The van der Waals surface area contributed by atoms with Gasteiger partial charge in [-0.05, 0) is 25.7 Å². The molecule has 4 unspecified atom stereocenters. The van der Waals surface area contributed by atoms with Crippen LogP contribution in [0.1, 0.15) is 39.5 Å². The average Bonchev–Trinajstić information content (AvgIpc) is 2.83. The van der Waals surface area contributed by atoms with Crippen molar-refractivity contribution in [3.63, 3.8) is 0 Å². The molecule has 0 aromatic heterocycles. The Morgan fingerprint density at radius 1 is 1.21 bits per heavy atom. The number of carbonyl (C=O) groups is 2. The smallest absolute Gasteiger partial charge is 0.306 e. The third-order valence-electron chi connectivity index (χ3n) is 4.93. The Bertz CT molecular complexity index is 380. The highest BCUT2D eigenvalue weighted by Crippen LogP contribution is 2.43. The number of aliphatic carboxylic acids is 1. The number of carboxylic acids is 1. The second kappa shape index (κ2) is 5.12. The monoisotopic (exact) mass is 269 g/mol. The minimum absolute atomic E-state index is 0.0105. The molecule has 4 atom stereocenters. The van der Waals surface area contributed by atoms with Crippen LogP contribution in [0, 0.1) is 17.3 Å². The van der Waals surface area contributed by atoms with Crippen molar-refractivity contribution in [3.05, 3.63) is 0 Å². The molecule has 2 aliphatic carbocycles. The summed E-state index contributed by atoms with van der Waals surface area (Å²) in [6.45, 7) is 4.18. The molecule has 0 radical (unpaired) electrons. The lowest BCUT2D eigenvalue weighted by Gasteiger charge is -2.51. The zero-order valence-electron chi connectivity index (χ0n) is 11.8. The number of amides is 1. The van der Waals surface area contributed by atoms with Crippen LogP contribution in [-0.2, 0) is 14.3 Å². The zero-order chi connectivity index (χ0) is 14.2. The van der Waals surface area contributed by atoms with Gasteiger partial charge >= 0.3 is 5.97 Å². The molecule has 0 heterocycles. The second-order valence-electron chi connectivity index (χ2n) is 6.39. The van der Waals surface area contributed by atoms with E-state index in [9.17, 15) is 9.59 Å². The van der Waals surface area contributed by atoms with E-state index >= 15 is 0 Å². The van der Waals surface area contributed by atoms with Gasteiger partial charge in [-0.25, -0.2) is 0 Å². The highest BCUT2D eigenvalue weighted by atomic mass is 16.5. The van der Waals surface area contributed by atoms with Gasteiger partial charge in [-0.2, -0.15) is 0 Å². The first-order valence-corrected chi connectivity index (χ1v) is 6.92. The van der Waals surface area contributed by atoms with Crippen molar-refractivity contribution in [2.75, 3.05) is 7.11 Å². The predicted molar refractivity (Wildman–Crippen MR) is 69.6 cm³/mol. The quantitative estimate of drug-likeness (QED) is 0.809. The molecule has 0 saturated heterocycles. The first-order valence-electron chi connectivity index (χ1n) is 6.92. The first kappa shape index (κ1) is 14.3. The van der Waals surface area contributed by atoms with Gasteiger partial charge in [0.2, 0.25) is 5.91 Å². The number of rotatable bonds is 4. The molecule has 0 aromatic carbocycles. The van der Waals surface area contributed by atoms with Gasteiger partial charge in [0, 0.05) is 24.5 Å². The van der Waals surface area contributed by atoms with Crippen LogP contribution in [0.15, 0.2) is 0 Å². The van der Waals surface area contributed by atoms with E-state index in [1.54, 1.807) is 7.11 Å². The minimum atomic E-state index is -0.779. The number of hydrogen-bond donors (Lipinski definition) is 2. The molecule has 0 spiro atoms. The minimum Gasteiger partial charge on any atom is -0.481 e. The number of carboxylic acid groups (broad SMARTS) is 1. The Morgan fingerprint density at radius 2 is 1.84 bits per heavy atom. The highest BCUT2D eigenvalue weighted by molar-refractivity contribution is 5.81. The molecular weight excluding hydrogens is 246 g/mol. The fourth-order valence-electron chi connectivity index (χ4n) is 3.26. The summed E-state index contributed by atoms with van der Waals surface area (Å²) in [5.41, 5.74) is -0.0464. The van der Waals surface area contributed by atoms with Gasteiger partial charge < -0.3 is 15.2 Å². The van der Waals surface area contributed by atoms with E-state index in [1.807, 2.05) is 0 Å². The van der Waals surface area contributed by atoms with Crippen molar-refractivity contribution in [2.24, 2.45) is 17.3 Å². The van der Waals surface area contributed by atoms with Gasteiger partial charge in [0.05, 0.1) is 12.0 Å². The summed E-state index contributed by atoms with van der Waals surface area (Å²) in [5.74, 6) is -1.26. The molecular formula is C14H23NO4. The lowest BCUT2D eigenvalue weighted by molar-refractivity contribution is -0.141. The Kier molecular flexibility index (Phi) is 3.85. The Labute approximate surface area is 113 Å². The van der Waals surface area contributed by atoms with Crippen LogP contribution in [0.25, 0.3) is 0 Å². The Hall–Kier alpha value is -1.10. The van der Waals surface area contributed by atoms with E-state index in [0.29, 0.717) is 19.3 Å². The molecule has 0 aliphatic heterocycles. The summed E-state index contributed by atoms with van der Waals surface area (Å²) < 4.78 is 5.36. The summed E-state index contributed by atoms with van der Waals surface area (Å²) in [7, 11) is 1.69. The first-order chi connectivity index (χ1) is 8.86. The van der Waals surface area contributed by atoms with E-state index < -0.39 is 5.97 Å². The van der Waals surface area contributed by atoms with Crippen LogP contribution >= 0.6 is 0 Å². The molecule has 1 amide bonds. The predicted octanol–water partition coefficient (Wildman–Crippen LogP) is 1.42. The summed E-state index contributed by atoms with van der Waals surface area (Å²) in [4.78, 5) is 23.1. The molecule has 0 bridgehead atoms. The van der Waals surface area contributed by atoms with Crippen molar-refractivity contribution >= 4 is 11.9 Å². The Morgan fingerprint density at radius 3 is 2.32 bits per heavy atom. The van der Waals surface area contributed by atoms with E-state index in [-0.39, 0.29) is 35.3 Å². The summed E-state index contributed by atoms with van der Waals surface area (Å²) in [6.07, 6.45) is 2.80. The second-order valence-corrected chi connectivity index (χ2v) is 6.39. The van der Waals surface area contributed by atoms with Crippen LogP contribution in [-0.4, -0.2) is 36.2 Å². The fourth-order valence-corrected chi connectivity index (χ4v) is 3.26. The average molecular weight is 269 g/mol. The molecule has 5 nitrogen and oxygen atoms in total. The number of carbonyl (C=O) groups excluding carboxylic acids is 1.